The van der Waals surface area contributed by atoms with Crippen LogP contribution in [0.2, 0.25) is 0 Å². The van der Waals surface area contributed by atoms with Gasteiger partial charge >= 0.3 is 0 Å². The van der Waals surface area contributed by atoms with E-state index in [9.17, 15) is 0 Å². The fourth-order valence-corrected chi connectivity index (χ4v) is 2.76. The number of fused-ring (bicyclic) bond motifs is 1. The van der Waals surface area contributed by atoms with E-state index in [1.165, 1.54) is 29.0 Å². The minimum atomic E-state index is 0.747. The average Bonchev–Trinajstić information content (AvgIpc) is 2.57. The molecule has 1 aromatic heterocycles. The number of para-hydroxylation sites is 1. The van der Waals surface area contributed by atoms with Gasteiger partial charge in [0.1, 0.15) is 5.01 Å². The Labute approximate surface area is 93.3 Å². The van der Waals surface area contributed by atoms with E-state index in [4.69, 9.17) is 0 Å². The molecule has 0 spiro atoms. The van der Waals surface area contributed by atoms with E-state index in [2.05, 4.69) is 28.5 Å². The van der Waals surface area contributed by atoms with E-state index in [1.807, 2.05) is 6.07 Å². The molecule has 0 radical (unpaired) electrons. The molecule has 0 atom stereocenters. The highest BCUT2D eigenvalue weighted by Gasteiger charge is 2.16. The Morgan fingerprint density at radius 3 is 2.93 bits per heavy atom. The standard InChI is InChI=1S/C12H14N2S/c1-2-7-11-10(6-1)14-12(15-11)8-13-9-4-3-5-9/h1-2,6-7,9,13H,3-5,8H2. The number of nitrogens with one attached hydrogen (secondary N) is 1. The van der Waals surface area contributed by atoms with E-state index >= 15 is 0 Å². The molecule has 78 valence electrons. The molecule has 1 saturated carbocycles. The third kappa shape index (κ3) is 1.90. The predicted octanol–water partition coefficient (Wildman–Crippen LogP) is 2.94. The van der Waals surface area contributed by atoms with Gasteiger partial charge in [-0.15, -0.1) is 11.3 Å². The number of hydrogen-bond acceptors (Lipinski definition) is 3. The monoisotopic (exact) mass is 218 g/mol. The fourth-order valence-electron chi connectivity index (χ4n) is 1.84. The third-order valence-electron chi connectivity index (χ3n) is 2.99. The van der Waals surface area contributed by atoms with Crippen molar-refractivity contribution >= 4 is 21.6 Å². The summed E-state index contributed by atoms with van der Waals surface area (Å²) in [6, 6.07) is 9.09. The lowest BCUT2D eigenvalue weighted by atomic mass is 9.93. The summed E-state index contributed by atoms with van der Waals surface area (Å²) in [6.07, 6.45) is 4.06. The number of thiazole rings is 1. The highest BCUT2D eigenvalue weighted by Crippen LogP contribution is 2.23. The van der Waals surface area contributed by atoms with Gasteiger partial charge in [0.25, 0.3) is 0 Å². The molecule has 1 heterocycles. The number of hydrogen-bond donors (Lipinski definition) is 1. The van der Waals surface area contributed by atoms with E-state index in [0.717, 1.165) is 18.1 Å². The highest BCUT2D eigenvalue weighted by atomic mass is 32.1. The number of aromatic nitrogens is 1. The van der Waals surface area contributed by atoms with Gasteiger partial charge in [-0.3, -0.25) is 0 Å². The Hall–Kier alpha value is -0.930. The first kappa shape index (κ1) is 9.31. The summed E-state index contributed by atoms with van der Waals surface area (Å²) in [4.78, 5) is 4.60. The van der Waals surface area contributed by atoms with Crippen molar-refractivity contribution in [1.82, 2.24) is 10.3 Å². The van der Waals surface area contributed by atoms with Crippen LogP contribution in [-0.4, -0.2) is 11.0 Å². The first-order valence-corrected chi connectivity index (χ1v) is 6.31. The molecule has 1 fully saturated rings. The van der Waals surface area contributed by atoms with Crippen LogP contribution >= 0.6 is 11.3 Å². The molecule has 0 unspecified atom stereocenters. The van der Waals surface area contributed by atoms with Crippen LogP contribution in [0.25, 0.3) is 10.2 Å². The van der Waals surface area contributed by atoms with Gasteiger partial charge < -0.3 is 5.32 Å². The van der Waals surface area contributed by atoms with Crippen LogP contribution in [0.5, 0.6) is 0 Å². The summed E-state index contributed by atoms with van der Waals surface area (Å²) in [5, 5.41) is 4.76. The van der Waals surface area contributed by atoms with Crippen molar-refractivity contribution in [3.8, 4) is 0 Å². The second-order valence-corrected chi connectivity index (χ2v) is 5.20. The Morgan fingerprint density at radius 2 is 2.20 bits per heavy atom. The SMILES string of the molecule is c1ccc2sc(CNC3CCC3)nc2c1. The molecule has 3 heteroatoms. The van der Waals surface area contributed by atoms with Crippen molar-refractivity contribution in [2.45, 2.75) is 31.8 Å². The quantitative estimate of drug-likeness (QED) is 0.856. The Kier molecular flexibility index (Phi) is 2.43. The number of rotatable bonds is 3. The lowest BCUT2D eigenvalue weighted by Gasteiger charge is -2.25. The van der Waals surface area contributed by atoms with Gasteiger partial charge in [-0.05, 0) is 25.0 Å². The summed E-state index contributed by atoms with van der Waals surface area (Å²) in [5.41, 5.74) is 1.13. The molecule has 0 saturated heterocycles. The molecule has 3 rings (SSSR count). The molecule has 1 aromatic carbocycles. The molecule has 2 aromatic rings. The molecule has 1 aliphatic rings. The molecule has 1 aliphatic carbocycles. The maximum Gasteiger partial charge on any atom is 0.108 e. The van der Waals surface area contributed by atoms with Crippen LogP contribution in [0.4, 0.5) is 0 Å². The van der Waals surface area contributed by atoms with Crippen LogP contribution in [0.1, 0.15) is 24.3 Å². The van der Waals surface area contributed by atoms with Crippen molar-refractivity contribution in [3.63, 3.8) is 0 Å². The Bertz CT molecular complexity index is 426. The normalized spacial score (nSPS) is 16.8. The van der Waals surface area contributed by atoms with Gasteiger partial charge in [-0.2, -0.15) is 0 Å². The summed E-state index contributed by atoms with van der Waals surface area (Å²) >= 11 is 1.80. The maximum absolute atomic E-state index is 4.60. The summed E-state index contributed by atoms with van der Waals surface area (Å²) < 4.78 is 1.29. The van der Waals surface area contributed by atoms with Crippen molar-refractivity contribution in [2.24, 2.45) is 0 Å². The first-order valence-electron chi connectivity index (χ1n) is 5.50. The zero-order valence-electron chi connectivity index (χ0n) is 8.57. The van der Waals surface area contributed by atoms with E-state index in [0.29, 0.717) is 0 Å². The second-order valence-electron chi connectivity index (χ2n) is 4.08. The topological polar surface area (TPSA) is 24.9 Å². The zero-order valence-corrected chi connectivity index (χ0v) is 9.39. The van der Waals surface area contributed by atoms with Crippen molar-refractivity contribution in [1.29, 1.82) is 0 Å². The molecule has 0 amide bonds. The maximum atomic E-state index is 4.60. The van der Waals surface area contributed by atoms with Crippen LogP contribution in [0.15, 0.2) is 24.3 Å². The first-order chi connectivity index (χ1) is 7.42. The molecule has 0 bridgehead atoms. The van der Waals surface area contributed by atoms with E-state index in [1.54, 1.807) is 11.3 Å². The predicted molar refractivity (Wildman–Crippen MR) is 64.1 cm³/mol. The van der Waals surface area contributed by atoms with Gasteiger partial charge in [-0.1, -0.05) is 18.6 Å². The lowest BCUT2D eigenvalue weighted by molar-refractivity contribution is 0.338. The average molecular weight is 218 g/mol. The number of benzene rings is 1. The summed E-state index contributed by atoms with van der Waals surface area (Å²) in [7, 11) is 0. The minimum Gasteiger partial charge on any atom is -0.308 e. The smallest absolute Gasteiger partial charge is 0.108 e. The van der Waals surface area contributed by atoms with Crippen molar-refractivity contribution in [3.05, 3.63) is 29.3 Å². The lowest BCUT2D eigenvalue weighted by Crippen LogP contribution is -2.34. The van der Waals surface area contributed by atoms with Gasteiger partial charge in [0.2, 0.25) is 0 Å². The van der Waals surface area contributed by atoms with E-state index in [-0.39, 0.29) is 0 Å². The van der Waals surface area contributed by atoms with Crippen LogP contribution in [-0.2, 0) is 6.54 Å². The third-order valence-corrected chi connectivity index (χ3v) is 4.02. The van der Waals surface area contributed by atoms with Crippen molar-refractivity contribution < 1.29 is 0 Å². The van der Waals surface area contributed by atoms with Crippen LogP contribution in [0, 0.1) is 0 Å². The van der Waals surface area contributed by atoms with Gasteiger partial charge in [0.05, 0.1) is 10.2 Å². The minimum absolute atomic E-state index is 0.747. The molecule has 2 nitrogen and oxygen atoms in total. The Balaban J connectivity index is 1.73. The highest BCUT2D eigenvalue weighted by molar-refractivity contribution is 7.18. The van der Waals surface area contributed by atoms with Gasteiger partial charge in [0, 0.05) is 12.6 Å². The summed E-state index contributed by atoms with van der Waals surface area (Å²) in [6.45, 7) is 0.935. The van der Waals surface area contributed by atoms with Gasteiger partial charge in [-0.25, -0.2) is 4.98 Å². The molecule has 1 N–H and O–H groups in total. The van der Waals surface area contributed by atoms with Crippen LogP contribution in [0.3, 0.4) is 0 Å². The number of nitrogens with zero attached hydrogens (tertiary/aromatic N) is 1. The zero-order chi connectivity index (χ0) is 10.1. The molecule has 15 heavy (non-hydrogen) atoms. The van der Waals surface area contributed by atoms with E-state index < -0.39 is 0 Å². The molecular weight excluding hydrogens is 204 g/mol. The largest absolute Gasteiger partial charge is 0.308 e. The fraction of sp³-hybridized carbons (Fsp3) is 0.417. The second kappa shape index (κ2) is 3.91. The Morgan fingerprint density at radius 1 is 1.33 bits per heavy atom. The molecular formula is C12H14N2S. The summed E-state index contributed by atoms with van der Waals surface area (Å²) in [5.74, 6) is 0. The van der Waals surface area contributed by atoms with Gasteiger partial charge in [0.15, 0.2) is 0 Å². The van der Waals surface area contributed by atoms with Crippen molar-refractivity contribution in [2.75, 3.05) is 0 Å². The van der Waals surface area contributed by atoms with Crippen LogP contribution < -0.4 is 5.32 Å². The molecule has 0 aliphatic heterocycles.